The van der Waals surface area contributed by atoms with Crippen LogP contribution in [0.4, 0.5) is 0 Å². The van der Waals surface area contributed by atoms with E-state index in [9.17, 15) is 0 Å². The van der Waals surface area contributed by atoms with Gasteiger partial charge in [0.15, 0.2) is 0 Å². The van der Waals surface area contributed by atoms with Crippen LogP contribution in [-0.2, 0) is 6.42 Å². The maximum atomic E-state index is 5.22. The van der Waals surface area contributed by atoms with Gasteiger partial charge < -0.3 is 14.6 Å². The molecular formula is C13H19N3O. The van der Waals surface area contributed by atoms with E-state index in [1.807, 2.05) is 13.0 Å². The van der Waals surface area contributed by atoms with Gasteiger partial charge in [-0.2, -0.15) is 0 Å². The molecule has 2 rings (SSSR count). The zero-order valence-corrected chi connectivity index (χ0v) is 10.9. The lowest BCUT2D eigenvalue weighted by Crippen LogP contribution is -2.14. The summed E-state index contributed by atoms with van der Waals surface area (Å²) >= 11 is 0. The molecule has 0 aliphatic heterocycles. The first kappa shape index (κ1) is 11.9. The Morgan fingerprint density at radius 1 is 1.41 bits per heavy atom. The number of pyridine rings is 1. The van der Waals surface area contributed by atoms with Crippen LogP contribution in [0.3, 0.4) is 0 Å². The molecule has 0 spiro atoms. The lowest BCUT2D eigenvalue weighted by Gasteiger charge is -2.08. The number of rotatable bonds is 4. The molecule has 4 nitrogen and oxygen atoms in total. The number of methoxy groups -OCH3 is 1. The van der Waals surface area contributed by atoms with Gasteiger partial charge in [0.05, 0.1) is 18.3 Å². The molecule has 0 radical (unpaired) electrons. The molecule has 0 aliphatic rings. The Labute approximate surface area is 102 Å². The van der Waals surface area contributed by atoms with Crippen molar-refractivity contribution < 1.29 is 4.74 Å². The third-order valence-electron chi connectivity index (χ3n) is 2.95. The van der Waals surface area contributed by atoms with E-state index in [0.717, 1.165) is 24.2 Å². The van der Waals surface area contributed by atoms with E-state index in [4.69, 9.17) is 4.74 Å². The van der Waals surface area contributed by atoms with Crippen molar-refractivity contribution in [1.82, 2.24) is 14.9 Å². The summed E-state index contributed by atoms with van der Waals surface area (Å²) in [5.74, 6) is 0.681. The summed E-state index contributed by atoms with van der Waals surface area (Å²) in [6.45, 7) is 3.04. The molecule has 0 saturated heterocycles. The minimum absolute atomic E-state index is 0.681. The SMILES string of the molecule is COc1cc2c(CCN(C)C)c[nH]c2c(C)n1. The summed E-state index contributed by atoms with van der Waals surface area (Å²) in [5, 5.41) is 1.22. The van der Waals surface area contributed by atoms with Gasteiger partial charge in [-0.3, -0.25) is 0 Å². The molecule has 2 aromatic rings. The average molecular weight is 233 g/mol. The molecule has 0 fully saturated rings. The number of hydrogen-bond donors (Lipinski definition) is 1. The minimum atomic E-state index is 0.681. The van der Waals surface area contributed by atoms with Gasteiger partial charge in [0.1, 0.15) is 0 Å². The third kappa shape index (κ3) is 2.42. The summed E-state index contributed by atoms with van der Waals surface area (Å²) in [5.41, 5.74) is 3.41. The summed E-state index contributed by atoms with van der Waals surface area (Å²) in [7, 11) is 5.82. The fourth-order valence-corrected chi connectivity index (χ4v) is 1.97. The van der Waals surface area contributed by atoms with E-state index in [1.54, 1.807) is 7.11 Å². The summed E-state index contributed by atoms with van der Waals surface area (Å²) in [6.07, 6.45) is 3.10. The standard InChI is InChI=1S/C13H19N3O/c1-9-13-11(7-12(15-9)17-4)10(8-14-13)5-6-16(2)3/h7-8,14H,5-6H2,1-4H3. The first-order valence-electron chi connectivity index (χ1n) is 5.78. The Balaban J connectivity index is 2.40. The average Bonchev–Trinajstić information content (AvgIpc) is 2.69. The second kappa shape index (κ2) is 4.75. The number of likely N-dealkylation sites (N-methyl/N-ethyl adjacent to an activating group) is 1. The maximum Gasteiger partial charge on any atom is 0.213 e. The fourth-order valence-electron chi connectivity index (χ4n) is 1.97. The van der Waals surface area contributed by atoms with Gasteiger partial charge in [-0.15, -0.1) is 0 Å². The number of aromatic nitrogens is 2. The van der Waals surface area contributed by atoms with E-state index in [0.29, 0.717) is 5.88 Å². The molecule has 0 bridgehead atoms. The molecule has 0 atom stereocenters. The molecule has 92 valence electrons. The predicted octanol–water partition coefficient (Wildman–Crippen LogP) is 1.98. The van der Waals surface area contributed by atoms with Crippen LogP contribution in [-0.4, -0.2) is 42.6 Å². The van der Waals surface area contributed by atoms with Crippen molar-refractivity contribution in [2.24, 2.45) is 0 Å². The molecule has 4 heteroatoms. The van der Waals surface area contributed by atoms with Gasteiger partial charge in [0, 0.05) is 24.2 Å². The van der Waals surface area contributed by atoms with Crippen molar-refractivity contribution in [3.05, 3.63) is 23.5 Å². The number of nitrogens with zero attached hydrogens (tertiary/aromatic N) is 2. The normalized spacial score (nSPS) is 11.4. The molecule has 0 saturated carbocycles. The van der Waals surface area contributed by atoms with Gasteiger partial charge in [-0.25, -0.2) is 4.98 Å². The molecule has 0 aromatic carbocycles. The van der Waals surface area contributed by atoms with Crippen molar-refractivity contribution in [3.8, 4) is 5.88 Å². The van der Waals surface area contributed by atoms with E-state index >= 15 is 0 Å². The Kier molecular flexibility index (Phi) is 3.33. The van der Waals surface area contributed by atoms with Crippen LogP contribution in [0.5, 0.6) is 5.88 Å². The first-order chi connectivity index (χ1) is 8.11. The summed E-state index contributed by atoms with van der Waals surface area (Å²) < 4.78 is 5.22. The molecule has 0 amide bonds. The van der Waals surface area contributed by atoms with E-state index < -0.39 is 0 Å². The Morgan fingerprint density at radius 2 is 2.18 bits per heavy atom. The zero-order chi connectivity index (χ0) is 12.4. The van der Waals surface area contributed by atoms with Crippen molar-refractivity contribution in [1.29, 1.82) is 0 Å². The number of aromatic amines is 1. The molecular weight excluding hydrogens is 214 g/mol. The van der Waals surface area contributed by atoms with Crippen LogP contribution >= 0.6 is 0 Å². The van der Waals surface area contributed by atoms with Crippen molar-refractivity contribution in [2.45, 2.75) is 13.3 Å². The van der Waals surface area contributed by atoms with Crippen LogP contribution in [0.1, 0.15) is 11.3 Å². The smallest absolute Gasteiger partial charge is 0.213 e. The van der Waals surface area contributed by atoms with Crippen LogP contribution in [0.15, 0.2) is 12.3 Å². The van der Waals surface area contributed by atoms with Gasteiger partial charge in [-0.05, 0) is 33.0 Å². The zero-order valence-electron chi connectivity index (χ0n) is 10.9. The summed E-state index contributed by atoms with van der Waals surface area (Å²) in [6, 6.07) is 2.00. The Morgan fingerprint density at radius 3 is 2.82 bits per heavy atom. The number of hydrogen-bond acceptors (Lipinski definition) is 3. The van der Waals surface area contributed by atoms with Crippen LogP contribution in [0.25, 0.3) is 10.9 Å². The summed E-state index contributed by atoms with van der Waals surface area (Å²) in [4.78, 5) is 9.84. The highest BCUT2D eigenvalue weighted by Crippen LogP contribution is 2.24. The quantitative estimate of drug-likeness (QED) is 0.878. The van der Waals surface area contributed by atoms with E-state index in [2.05, 4.69) is 35.2 Å². The number of H-pyrrole nitrogens is 1. The molecule has 1 N–H and O–H groups in total. The lowest BCUT2D eigenvalue weighted by atomic mass is 10.1. The molecule has 0 aliphatic carbocycles. The fraction of sp³-hybridized carbons (Fsp3) is 0.462. The second-order valence-electron chi connectivity index (χ2n) is 4.54. The Hall–Kier alpha value is -1.55. The van der Waals surface area contributed by atoms with Gasteiger partial charge in [0.25, 0.3) is 0 Å². The number of fused-ring (bicyclic) bond motifs is 1. The highest BCUT2D eigenvalue weighted by Gasteiger charge is 2.09. The monoisotopic (exact) mass is 233 g/mol. The third-order valence-corrected chi connectivity index (χ3v) is 2.95. The first-order valence-corrected chi connectivity index (χ1v) is 5.78. The number of nitrogens with one attached hydrogen (secondary N) is 1. The molecule has 2 aromatic heterocycles. The topological polar surface area (TPSA) is 41.1 Å². The second-order valence-corrected chi connectivity index (χ2v) is 4.54. The molecule has 2 heterocycles. The van der Waals surface area contributed by atoms with Crippen LogP contribution < -0.4 is 4.74 Å². The van der Waals surface area contributed by atoms with Crippen LogP contribution in [0.2, 0.25) is 0 Å². The van der Waals surface area contributed by atoms with Gasteiger partial charge in [-0.1, -0.05) is 0 Å². The highest BCUT2D eigenvalue weighted by atomic mass is 16.5. The minimum Gasteiger partial charge on any atom is -0.481 e. The van der Waals surface area contributed by atoms with Crippen molar-refractivity contribution >= 4 is 10.9 Å². The van der Waals surface area contributed by atoms with Gasteiger partial charge >= 0.3 is 0 Å². The van der Waals surface area contributed by atoms with Crippen molar-refractivity contribution in [2.75, 3.05) is 27.7 Å². The van der Waals surface area contributed by atoms with E-state index in [1.165, 1.54) is 10.9 Å². The lowest BCUT2D eigenvalue weighted by molar-refractivity contribution is 0.397. The predicted molar refractivity (Wildman–Crippen MR) is 69.6 cm³/mol. The maximum absolute atomic E-state index is 5.22. The largest absolute Gasteiger partial charge is 0.481 e. The Bertz CT molecular complexity index is 517. The number of aryl methyl sites for hydroxylation is 1. The van der Waals surface area contributed by atoms with Gasteiger partial charge in [0.2, 0.25) is 5.88 Å². The molecule has 0 unspecified atom stereocenters. The molecule has 17 heavy (non-hydrogen) atoms. The van der Waals surface area contributed by atoms with Crippen LogP contribution in [0, 0.1) is 6.92 Å². The van der Waals surface area contributed by atoms with E-state index in [-0.39, 0.29) is 0 Å². The highest BCUT2D eigenvalue weighted by molar-refractivity contribution is 5.85. The van der Waals surface area contributed by atoms with Crippen molar-refractivity contribution in [3.63, 3.8) is 0 Å². The number of ether oxygens (including phenoxy) is 1.